The third kappa shape index (κ3) is 3.02. The standard InChI is InChI=1S/C28H24N2O2/c1-2-31-26-16-7-6-14-23(26)28-30-25(22-13-5-8-17-27(22)32-28)18-24(29-30)21-15-9-11-19-10-3-4-12-20(19)21/h3-17,25,28H,2,18H2,1H3/t25-,28-/m0/s1. The van der Waals surface area contributed by atoms with Crippen molar-refractivity contribution in [3.05, 3.63) is 108 Å². The SMILES string of the molecule is CCOc1ccccc1[C@@H]1Oc2ccccc2[C@@H]2CC(c3cccc4ccccc34)=NN21. The molecule has 4 aromatic rings. The summed E-state index contributed by atoms with van der Waals surface area (Å²) < 4.78 is 12.5. The number of para-hydroxylation sites is 2. The first kappa shape index (κ1) is 18.9. The maximum Gasteiger partial charge on any atom is 0.217 e. The predicted molar refractivity (Wildman–Crippen MR) is 127 cm³/mol. The fourth-order valence-electron chi connectivity index (χ4n) is 4.85. The minimum absolute atomic E-state index is 0.119. The summed E-state index contributed by atoms with van der Waals surface area (Å²) in [6.07, 6.45) is 0.493. The van der Waals surface area contributed by atoms with Crippen molar-refractivity contribution in [3.8, 4) is 11.5 Å². The molecule has 0 fully saturated rings. The molecule has 0 saturated heterocycles. The molecule has 0 unspecified atom stereocenters. The lowest BCUT2D eigenvalue weighted by atomic mass is 9.93. The van der Waals surface area contributed by atoms with Crippen molar-refractivity contribution in [2.45, 2.75) is 25.6 Å². The first-order valence-electron chi connectivity index (χ1n) is 11.1. The van der Waals surface area contributed by atoms with Crippen molar-refractivity contribution in [1.82, 2.24) is 5.01 Å². The lowest BCUT2D eigenvalue weighted by Crippen LogP contribution is -2.34. The molecule has 0 aliphatic carbocycles. The highest BCUT2D eigenvalue weighted by Gasteiger charge is 2.42. The number of rotatable bonds is 4. The molecular formula is C28H24N2O2. The molecule has 2 aliphatic heterocycles. The number of hydrogen-bond acceptors (Lipinski definition) is 4. The quantitative estimate of drug-likeness (QED) is 0.379. The molecule has 2 heterocycles. The van der Waals surface area contributed by atoms with Crippen molar-refractivity contribution < 1.29 is 9.47 Å². The number of ether oxygens (including phenoxy) is 2. The number of benzene rings is 4. The summed E-state index contributed by atoms with van der Waals surface area (Å²) >= 11 is 0. The maximum absolute atomic E-state index is 6.53. The Bertz CT molecular complexity index is 1320. The van der Waals surface area contributed by atoms with Crippen LogP contribution in [0.15, 0.2) is 96.1 Å². The average Bonchev–Trinajstić information content (AvgIpc) is 3.29. The van der Waals surface area contributed by atoms with E-state index in [0.717, 1.165) is 29.2 Å². The summed E-state index contributed by atoms with van der Waals surface area (Å²) in [6, 6.07) is 31.5. The summed E-state index contributed by atoms with van der Waals surface area (Å²) in [5.74, 6) is 1.76. The zero-order valence-electron chi connectivity index (χ0n) is 17.9. The Morgan fingerprint density at radius 1 is 0.875 bits per heavy atom. The van der Waals surface area contributed by atoms with Crippen LogP contribution in [-0.4, -0.2) is 17.3 Å². The van der Waals surface area contributed by atoms with Gasteiger partial charge >= 0.3 is 0 Å². The van der Waals surface area contributed by atoms with Crippen LogP contribution in [0.2, 0.25) is 0 Å². The van der Waals surface area contributed by atoms with Crippen molar-refractivity contribution in [3.63, 3.8) is 0 Å². The van der Waals surface area contributed by atoms with Gasteiger partial charge in [0.25, 0.3) is 0 Å². The van der Waals surface area contributed by atoms with E-state index < -0.39 is 0 Å². The van der Waals surface area contributed by atoms with Gasteiger partial charge in [0, 0.05) is 17.5 Å². The van der Waals surface area contributed by atoms with Crippen LogP contribution < -0.4 is 9.47 Å². The van der Waals surface area contributed by atoms with E-state index >= 15 is 0 Å². The van der Waals surface area contributed by atoms with E-state index in [-0.39, 0.29) is 12.3 Å². The molecule has 2 atom stereocenters. The largest absolute Gasteiger partial charge is 0.493 e. The third-order valence-corrected chi connectivity index (χ3v) is 6.28. The highest BCUT2D eigenvalue weighted by Crippen LogP contribution is 2.49. The molecule has 4 aromatic carbocycles. The van der Waals surface area contributed by atoms with Crippen molar-refractivity contribution >= 4 is 16.5 Å². The zero-order chi connectivity index (χ0) is 21.5. The molecule has 32 heavy (non-hydrogen) atoms. The average molecular weight is 421 g/mol. The van der Waals surface area contributed by atoms with Gasteiger partial charge in [0.1, 0.15) is 11.5 Å². The Morgan fingerprint density at radius 3 is 2.53 bits per heavy atom. The fraction of sp³-hybridized carbons (Fsp3) is 0.179. The molecule has 0 bridgehead atoms. The minimum Gasteiger partial charge on any atom is -0.493 e. The van der Waals surface area contributed by atoms with Crippen LogP contribution in [0.3, 0.4) is 0 Å². The molecule has 0 aromatic heterocycles. The summed E-state index contributed by atoms with van der Waals surface area (Å²) in [6.45, 7) is 2.61. The molecule has 6 rings (SSSR count). The lowest BCUT2D eigenvalue weighted by Gasteiger charge is -2.38. The molecule has 0 amide bonds. The predicted octanol–water partition coefficient (Wildman–Crippen LogP) is 6.48. The van der Waals surface area contributed by atoms with Crippen LogP contribution in [0, 0.1) is 0 Å². The summed E-state index contributed by atoms with van der Waals surface area (Å²) in [5, 5.41) is 9.74. The highest BCUT2D eigenvalue weighted by atomic mass is 16.5. The molecule has 4 nitrogen and oxygen atoms in total. The molecule has 158 valence electrons. The molecular weight excluding hydrogens is 396 g/mol. The van der Waals surface area contributed by atoms with Crippen LogP contribution in [0.25, 0.3) is 10.8 Å². The van der Waals surface area contributed by atoms with Gasteiger partial charge in [-0.1, -0.05) is 72.8 Å². The molecule has 0 spiro atoms. The van der Waals surface area contributed by atoms with Crippen molar-refractivity contribution in [2.75, 3.05) is 6.61 Å². The molecule has 2 aliphatic rings. The van der Waals surface area contributed by atoms with Crippen LogP contribution in [-0.2, 0) is 0 Å². The van der Waals surface area contributed by atoms with E-state index in [1.807, 2.05) is 31.2 Å². The van der Waals surface area contributed by atoms with Gasteiger partial charge in [0.05, 0.1) is 23.9 Å². The third-order valence-electron chi connectivity index (χ3n) is 6.28. The van der Waals surface area contributed by atoms with Gasteiger partial charge in [-0.3, -0.25) is 0 Å². The number of hydrazone groups is 1. The molecule has 0 radical (unpaired) electrons. The monoisotopic (exact) mass is 420 g/mol. The van der Waals surface area contributed by atoms with Crippen LogP contribution >= 0.6 is 0 Å². The van der Waals surface area contributed by atoms with Crippen LogP contribution in [0.4, 0.5) is 0 Å². The minimum atomic E-state index is -0.342. The second-order valence-electron chi connectivity index (χ2n) is 8.15. The van der Waals surface area contributed by atoms with Gasteiger partial charge in [0.2, 0.25) is 6.23 Å². The van der Waals surface area contributed by atoms with E-state index in [9.17, 15) is 0 Å². The van der Waals surface area contributed by atoms with Crippen LogP contribution in [0.1, 0.15) is 42.3 Å². The van der Waals surface area contributed by atoms with Gasteiger partial charge in [-0.25, -0.2) is 5.01 Å². The van der Waals surface area contributed by atoms with E-state index in [0.29, 0.717) is 6.61 Å². The van der Waals surface area contributed by atoms with Gasteiger partial charge in [-0.15, -0.1) is 0 Å². The summed E-state index contributed by atoms with van der Waals surface area (Å²) in [7, 11) is 0. The Kier molecular flexibility index (Phi) is 4.57. The number of nitrogens with zero attached hydrogens (tertiary/aromatic N) is 2. The smallest absolute Gasteiger partial charge is 0.217 e. The topological polar surface area (TPSA) is 34.1 Å². The van der Waals surface area contributed by atoms with Gasteiger partial charge in [-0.05, 0) is 35.9 Å². The second kappa shape index (κ2) is 7.72. The van der Waals surface area contributed by atoms with Gasteiger partial charge in [-0.2, -0.15) is 5.10 Å². The molecule has 0 N–H and O–H groups in total. The Morgan fingerprint density at radius 2 is 1.62 bits per heavy atom. The summed E-state index contributed by atoms with van der Waals surface area (Å²) in [4.78, 5) is 0. The zero-order valence-corrected chi connectivity index (χ0v) is 17.9. The fourth-order valence-corrected chi connectivity index (χ4v) is 4.85. The van der Waals surface area contributed by atoms with E-state index in [1.54, 1.807) is 0 Å². The normalized spacial score (nSPS) is 19.2. The van der Waals surface area contributed by atoms with Crippen LogP contribution in [0.5, 0.6) is 11.5 Å². The Balaban J connectivity index is 1.49. The number of hydrogen-bond donors (Lipinski definition) is 0. The van der Waals surface area contributed by atoms with Gasteiger partial charge in [0.15, 0.2) is 0 Å². The highest BCUT2D eigenvalue weighted by molar-refractivity contribution is 6.11. The van der Waals surface area contributed by atoms with Crippen molar-refractivity contribution in [1.29, 1.82) is 0 Å². The number of fused-ring (bicyclic) bond motifs is 4. The Labute approximate surface area is 187 Å². The van der Waals surface area contributed by atoms with E-state index in [4.69, 9.17) is 14.6 Å². The first-order valence-corrected chi connectivity index (χ1v) is 11.1. The van der Waals surface area contributed by atoms with Gasteiger partial charge < -0.3 is 9.47 Å². The van der Waals surface area contributed by atoms with E-state index in [2.05, 4.69) is 71.7 Å². The maximum atomic E-state index is 6.53. The molecule has 4 heteroatoms. The lowest BCUT2D eigenvalue weighted by molar-refractivity contribution is -0.0205. The summed E-state index contributed by atoms with van der Waals surface area (Å²) in [5.41, 5.74) is 4.45. The molecule has 0 saturated carbocycles. The Hall–Kier alpha value is -3.79. The van der Waals surface area contributed by atoms with Crippen molar-refractivity contribution in [2.24, 2.45) is 5.10 Å². The second-order valence-corrected chi connectivity index (χ2v) is 8.15. The van der Waals surface area contributed by atoms with E-state index in [1.165, 1.54) is 21.9 Å². The first-order chi connectivity index (χ1) is 15.8.